The van der Waals surface area contributed by atoms with Gasteiger partial charge in [-0.3, -0.25) is 10.1 Å². The minimum Gasteiger partial charge on any atom is -0.490 e. The molecule has 1 heterocycles. The second kappa shape index (κ2) is 10.5. The van der Waals surface area contributed by atoms with Crippen LogP contribution in [-0.4, -0.2) is 43.6 Å². The first-order valence-corrected chi connectivity index (χ1v) is 9.51. The monoisotopic (exact) mass is 465 g/mol. The third-order valence-corrected chi connectivity index (χ3v) is 4.71. The summed E-state index contributed by atoms with van der Waals surface area (Å²) in [5, 5.41) is 10.7. The fraction of sp³-hybridized carbons (Fsp3) is 0.222. The van der Waals surface area contributed by atoms with E-state index in [2.05, 4.69) is 42.1 Å². The maximum absolute atomic E-state index is 11.8. The first kappa shape index (κ1) is 21.5. The van der Waals surface area contributed by atoms with Gasteiger partial charge in [-0.05, 0) is 46.7 Å². The van der Waals surface area contributed by atoms with Crippen molar-refractivity contribution in [2.75, 3.05) is 20.3 Å². The van der Waals surface area contributed by atoms with E-state index in [0.29, 0.717) is 28.1 Å². The van der Waals surface area contributed by atoms with Crippen LogP contribution in [0.1, 0.15) is 12.5 Å². The number of thioether (sulfide) groups is 1. The zero-order valence-corrected chi connectivity index (χ0v) is 17.4. The number of rotatable bonds is 7. The van der Waals surface area contributed by atoms with E-state index in [4.69, 9.17) is 15.9 Å². The molecule has 0 spiro atoms. The van der Waals surface area contributed by atoms with Crippen LogP contribution in [0.3, 0.4) is 0 Å². The highest BCUT2D eigenvalue weighted by molar-refractivity contribution is 9.10. The molecule has 1 fully saturated rings. The lowest BCUT2D eigenvalue weighted by Gasteiger charge is -2.12. The number of halogens is 1. The van der Waals surface area contributed by atoms with Crippen molar-refractivity contribution in [1.29, 1.82) is 0 Å². The number of amidine groups is 1. The van der Waals surface area contributed by atoms with E-state index in [1.807, 2.05) is 6.92 Å². The van der Waals surface area contributed by atoms with Crippen molar-refractivity contribution in [3.8, 4) is 23.8 Å². The van der Waals surface area contributed by atoms with Crippen molar-refractivity contribution in [2.24, 2.45) is 10.2 Å². The number of esters is 1. The van der Waals surface area contributed by atoms with Gasteiger partial charge in [0.1, 0.15) is 6.61 Å². The average Bonchev–Trinajstić information content (AvgIpc) is 3.02. The Morgan fingerprint density at radius 3 is 2.82 bits per heavy atom. The van der Waals surface area contributed by atoms with Crippen LogP contribution >= 0.6 is 27.7 Å². The van der Waals surface area contributed by atoms with Gasteiger partial charge in [-0.2, -0.15) is 5.10 Å². The van der Waals surface area contributed by atoms with Crippen molar-refractivity contribution in [1.82, 2.24) is 5.32 Å². The van der Waals surface area contributed by atoms with Crippen molar-refractivity contribution < 1.29 is 23.8 Å². The van der Waals surface area contributed by atoms with E-state index in [1.165, 1.54) is 13.3 Å². The van der Waals surface area contributed by atoms with E-state index in [-0.39, 0.29) is 16.7 Å². The zero-order valence-electron chi connectivity index (χ0n) is 15.0. The number of benzene rings is 1. The lowest BCUT2D eigenvalue weighted by Crippen LogP contribution is -2.19. The summed E-state index contributed by atoms with van der Waals surface area (Å²) in [6, 6.07) is 3.45. The van der Waals surface area contributed by atoms with E-state index < -0.39 is 11.9 Å². The lowest BCUT2D eigenvalue weighted by molar-refractivity contribution is -0.135. The fourth-order valence-electron chi connectivity index (χ4n) is 1.93. The number of ether oxygens (including phenoxy) is 3. The molecule has 1 amide bonds. The fourth-order valence-corrected chi connectivity index (χ4v) is 3.10. The predicted octanol–water partition coefficient (Wildman–Crippen LogP) is 2.47. The summed E-state index contributed by atoms with van der Waals surface area (Å²) >= 11 is 4.42. The number of hydrogen-bond donors (Lipinski definition) is 1. The van der Waals surface area contributed by atoms with Gasteiger partial charge >= 0.3 is 5.97 Å². The minimum absolute atomic E-state index is 0.117. The molecule has 8 nitrogen and oxygen atoms in total. The Morgan fingerprint density at radius 1 is 1.39 bits per heavy atom. The molecule has 1 aromatic carbocycles. The summed E-state index contributed by atoms with van der Waals surface area (Å²) < 4.78 is 16.2. The standard InChI is InChI=1S/C18H16BrN3O5S/c1-4-6-27-14-8-12(19)11(7-13(14)26-5-2)10-20-22-18-21-17(24)15(28-18)9-16(23)25-3/h1,7-10H,5-6H2,2-3H3,(H,21,22,24)/b15-9+,20-10?. The smallest absolute Gasteiger partial charge is 0.331 e. The van der Waals surface area contributed by atoms with Gasteiger partial charge in [0, 0.05) is 16.1 Å². The quantitative estimate of drug-likeness (QED) is 0.218. The van der Waals surface area contributed by atoms with Crippen molar-refractivity contribution in [3.63, 3.8) is 0 Å². The largest absolute Gasteiger partial charge is 0.490 e. The molecule has 0 saturated carbocycles. The summed E-state index contributed by atoms with van der Waals surface area (Å²) in [6.07, 6.45) is 7.80. The van der Waals surface area contributed by atoms with Crippen molar-refractivity contribution in [2.45, 2.75) is 6.92 Å². The molecule has 1 aliphatic heterocycles. The molecule has 0 aliphatic carbocycles. The first-order chi connectivity index (χ1) is 13.5. The zero-order chi connectivity index (χ0) is 20.5. The second-order valence-electron chi connectivity index (χ2n) is 4.98. The van der Waals surface area contributed by atoms with Crippen LogP contribution < -0.4 is 14.8 Å². The maximum Gasteiger partial charge on any atom is 0.331 e. The van der Waals surface area contributed by atoms with Gasteiger partial charge in [-0.25, -0.2) is 4.79 Å². The average molecular weight is 466 g/mol. The van der Waals surface area contributed by atoms with E-state index >= 15 is 0 Å². The number of carbonyl (C=O) groups is 2. The van der Waals surface area contributed by atoms with Gasteiger partial charge in [-0.15, -0.1) is 11.5 Å². The number of nitrogens with one attached hydrogen (secondary N) is 1. The molecule has 0 aromatic heterocycles. The number of terminal acetylenes is 1. The number of hydrogen-bond acceptors (Lipinski definition) is 8. The van der Waals surface area contributed by atoms with Gasteiger partial charge in [0.2, 0.25) is 0 Å². The third-order valence-electron chi connectivity index (χ3n) is 3.12. The molecule has 146 valence electrons. The number of carbonyl (C=O) groups excluding carboxylic acids is 2. The Morgan fingerprint density at radius 2 is 2.14 bits per heavy atom. The summed E-state index contributed by atoms with van der Waals surface area (Å²) in [4.78, 5) is 23.2. The minimum atomic E-state index is -0.623. The summed E-state index contributed by atoms with van der Waals surface area (Å²) in [5.41, 5.74) is 0.681. The van der Waals surface area contributed by atoms with Crippen LogP contribution in [0.15, 0.2) is 37.8 Å². The van der Waals surface area contributed by atoms with Gasteiger partial charge in [0.25, 0.3) is 5.91 Å². The molecule has 28 heavy (non-hydrogen) atoms. The van der Waals surface area contributed by atoms with Crippen LogP contribution in [0.2, 0.25) is 0 Å². The molecule has 0 atom stereocenters. The topological polar surface area (TPSA) is 98.6 Å². The molecule has 1 N–H and O–H groups in total. The van der Waals surface area contributed by atoms with E-state index in [9.17, 15) is 9.59 Å². The second-order valence-corrected chi connectivity index (χ2v) is 6.87. The Balaban J connectivity index is 2.18. The van der Waals surface area contributed by atoms with Crippen LogP contribution in [0.25, 0.3) is 0 Å². The highest BCUT2D eigenvalue weighted by Crippen LogP contribution is 2.33. The number of amides is 1. The normalized spacial score (nSPS) is 16.3. The van der Waals surface area contributed by atoms with E-state index in [1.54, 1.807) is 12.1 Å². The number of methoxy groups -OCH3 is 1. The summed E-state index contributed by atoms with van der Waals surface area (Å²) in [6.45, 7) is 2.42. The van der Waals surface area contributed by atoms with Crippen molar-refractivity contribution >= 4 is 51.0 Å². The lowest BCUT2D eigenvalue weighted by atomic mass is 10.2. The van der Waals surface area contributed by atoms with Gasteiger partial charge in [0.15, 0.2) is 16.7 Å². The molecule has 10 heteroatoms. The van der Waals surface area contributed by atoms with Gasteiger partial charge in [0.05, 0.1) is 24.8 Å². The molecule has 1 saturated heterocycles. The van der Waals surface area contributed by atoms with Gasteiger partial charge in [-0.1, -0.05) is 5.92 Å². The molecule has 0 unspecified atom stereocenters. The molecule has 0 radical (unpaired) electrons. The molecule has 1 aliphatic rings. The summed E-state index contributed by atoms with van der Waals surface area (Å²) in [5.74, 6) is 2.35. The molecule has 1 aromatic rings. The Labute approximate surface area is 174 Å². The highest BCUT2D eigenvalue weighted by atomic mass is 79.9. The van der Waals surface area contributed by atoms with E-state index in [0.717, 1.165) is 17.8 Å². The Kier molecular flexibility index (Phi) is 8.10. The molecular formula is C18H16BrN3O5S. The Bertz CT molecular complexity index is 905. The summed E-state index contributed by atoms with van der Waals surface area (Å²) in [7, 11) is 1.23. The molecular weight excluding hydrogens is 450 g/mol. The predicted molar refractivity (Wildman–Crippen MR) is 111 cm³/mol. The molecule has 2 rings (SSSR count). The van der Waals surface area contributed by atoms with Crippen molar-refractivity contribution in [3.05, 3.63) is 33.2 Å². The maximum atomic E-state index is 11.8. The van der Waals surface area contributed by atoms with Crippen LogP contribution in [0, 0.1) is 12.3 Å². The van der Waals surface area contributed by atoms with Crippen LogP contribution in [-0.2, 0) is 14.3 Å². The SMILES string of the molecule is C#CCOc1cc(Br)c(C=N/N=C2/NC(=O)/C(=C\C(=O)OC)S2)cc1OCC. The van der Waals surface area contributed by atoms with Gasteiger partial charge < -0.3 is 14.2 Å². The number of nitrogens with zero attached hydrogens (tertiary/aromatic N) is 2. The highest BCUT2D eigenvalue weighted by Gasteiger charge is 2.25. The Hall–Kier alpha value is -2.77. The van der Waals surface area contributed by atoms with Crippen LogP contribution in [0.4, 0.5) is 0 Å². The molecule has 0 bridgehead atoms. The third kappa shape index (κ3) is 5.87. The first-order valence-electron chi connectivity index (χ1n) is 7.91. The van der Waals surface area contributed by atoms with Crippen LogP contribution in [0.5, 0.6) is 11.5 Å².